The third-order valence-electron chi connectivity index (χ3n) is 2.58. The maximum Gasteiger partial charge on any atom is 0.314 e. The van der Waals surface area contributed by atoms with Crippen molar-refractivity contribution in [3.63, 3.8) is 0 Å². The summed E-state index contributed by atoms with van der Waals surface area (Å²) in [6.45, 7) is 3.66. The molecule has 1 rings (SSSR count). The summed E-state index contributed by atoms with van der Waals surface area (Å²) >= 11 is 0. The van der Waals surface area contributed by atoms with Crippen LogP contribution in [0.5, 0.6) is 5.75 Å². The van der Waals surface area contributed by atoms with E-state index in [1.165, 1.54) is 0 Å². The second-order valence-corrected chi connectivity index (χ2v) is 3.74. The Labute approximate surface area is 98.6 Å². The van der Waals surface area contributed by atoms with E-state index >= 15 is 0 Å². The quantitative estimate of drug-likeness (QED) is 0.502. The van der Waals surface area contributed by atoms with Crippen molar-refractivity contribution < 1.29 is 18.3 Å². The third kappa shape index (κ3) is 3.15. The highest BCUT2D eigenvalue weighted by Gasteiger charge is 2.19. The average molecular weight is 243 g/mol. The van der Waals surface area contributed by atoms with E-state index in [1.54, 1.807) is 0 Å². The summed E-state index contributed by atoms with van der Waals surface area (Å²) in [6.07, 6.45) is 1.18. The highest BCUT2D eigenvalue weighted by atomic mass is 19.1. The van der Waals surface area contributed by atoms with Gasteiger partial charge in [-0.25, -0.2) is 8.78 Å². The molecule has 3 nitrogen and oxygen atoms in total. The molecule has 0 radical (unpaired) electrons. The summed E-state index contributed by atoms with van der Waals surface area (Å²) in [5.74, 6) is -2.94. The van der Waals surface area contributed by atoms with Crippen molar-refractivity contribution in [3.8, 4) is 5.75 Å². The van der Waals surface area contributed by atoms with Gasteiger partial charge in [-0.15, -0.1) is 0 Å². The molecule has 1 aromatic rings. The van der Waals surface area contributed by atoms with Gasteiger partial charge >= 0.3 is 5.97 Å². The van der Waals surface area contributed by atoms with Gasteiger partial charge in [-0.2, -0.15) is 0 Å². The van der Waals surface area contributed by atoms with Crippen molar-refractivity contribution in [2.75, 3.05) is 5.73 Å². The van der Waals surface area contributed by atoms with Gasteiger partial charge in [-0.1, -0.05) is 13.8 Å². The number of ether oxygens (including phenoxy) is 1. The zero-order chi connectivity index (χ0) is 13.0. The Balaban J connectivity index is 2.88. The molecule has 2 N–H and O–H groups in total. The topological polar surface area (TPSA) is 52.3 Å². The van der Waals surface area contributed by atoms with Gasteiger partial charge in [0.05, 0.1) is 11.6 Å². The van der Waals surface area contributed by atoms with Gasteiger partial charge < -0.3 is 10.5 Å². The number of halogens is 2. The van der Waals surface area contributed by atoms with Crippen molar-refractivity contribution in [3.05, 3.63) is 23.8 Å². The minimum absolute atomic E-state index is 0.310. The van der Waals surface area contributed by atoms with Crippen LogP contribution in [0.2, 0.25) is 0 Å². The first-order valence-corrected chi connectivity index (χ1v) is 5.45. The monoisotopic (exact) mass is 243 g/mol. The maximum atomic E-state index is 13.3. The number of hydrogen-bond acceptors (Lipinski definition) is 3. The molecule has 0 aromatic heterocycles. The lowest BCUT2D eigenvalue weighted by Crippen LogP contribution is -2.19. The maximum absolute atomic E-state index is 13.3. The van der Waals surface area contributed by atoms with Crippen LogP contribution in [-0.2, 0) is 4.79 Å². The smallest absolute Gasteiger partial charge is 0.314 e. The van der Waals surface area contributed by atoms with E-state index in [4.69, 9.17) is 10.5 Å². The summed E-state index contributed by atoms with van der Waals surface area (Å²) in [7, 11) is 0. The van der Waals surface area contributed by atoms with Crippen molar-refractivity contribution in [2.45, 2.75) is 26.7 Å². The van der Waals surface area contributed by atoms with Crippen LogP contribution in [0, 0.1) is 17.6 Å². The Morgan fingerprint density at radius 1 is 1.29 bits per heavy atom. The van der Waals surface area contributed by atoms with E-state index in [0.29, 0.717) is 12.8 Å². The second kappa shape index (κ2) is 5.61. The SMILES string of the molecule is CCC(CC)C(=O)Oc1cc(F)c(N)cc1F. The second-order valence-electron chi connectivity index (χ2n) is 3.74. The molecule has 0 heterocycles. The zero-order valence-electron chi connectivity index (χ0n) is 9.80. The van der Waals surface area contributed by atoms with Crippen molar-refractivity contribution >= 4 is 11.7 Å². The predicted octanol–water partition coefficient (Wildman–Crippen LogP) is 2.89. The molecule has 0 spiro atoms. The molecule has 0 saturated carbocycles. The minimum Gasteiger partial charge on any atom is -0.423 e. The van der Waals surface area contributed by atoms with Crippen molar-refractivity contribution in [2.24, 2.45) is 5.92 Å². The Morgan fingerprint density at radius 3 is 2.41 bits per heavy atom. The molecule has 0 aliphatic carbocycles. The molecule has 17 heavy (non-hydrogen) atoms. The summed E-state index contributed by atoms with van der Waals surface area (Å²) < 4.78 is 31.2. The molecule has 0 aliphatic rings. The Morgan fingerprint density at radius 2 is 1.88 bits per heavy atom. The lowest BCUT2D eigenvalue weighted by atomic mass is 10.0. The number of carbonyl (C=O) groups excluding carboxylic acids is 1. The molecule has 5 heteroatoms. The zero-order valence-corrected chi connectivity index (χ0v) is 9.80. The molecular formula is C12H15F2NO2. The fraction of sp³-hybridized carbons (Fsp3) is 0.417. The molecule has 1 aromatic carbocycles. The summed E-state index contributed by atoms with van der Waals surface area (Å²) in [6, 6.07) is 1.58. The van der Waals surface area contributed by atoms with E-state index in [2.05, 4.69) is 0 Å². The van der Waals surface area contributed by atoms with Gasteiger partial charge in [-0.3, -0.25) is 4.79 Å². The number of rotatable bonds is 4. The van der Waals surface area contributed by atoms with Crippen LogP contribution in [0.3, 0.4) is 0 Å². The molecule has 94 valence electrons. The number of anilines is 1. The first-order valence-electron chi connectivity index (χ1n) is 5.45. The van der Waals surface area contributed by atoms with E-state index in [9.17, 15) is 13.6 Å². The number of hydrogen-bond donors (Lipinski definition) is 1. The Kier molecular flexibility index (Phi) is 4.43. The van der Waals surface area contributed by atoms with Crippen LogP contribution in [-0.4, -0.2) is 5.97 Å². The first kappa shape index (κ1) is 13.4. The minimum atomic E-state index is -0.844. The van der Waals surface area contributed by atoms with Gasteiger partial charge in [0.2, 0.25) is 0 Å². The first-order chi connectivity index (χ1) is 7.99. The van der Waals surface area contributed by atoms with Crippen LogP contribution in [0.15, 0.2) is 12.1 Å². The number of esters is 1. The van der Waals surface area contributed by atoms with E-state index in [1.807, 2.05) is 13.8 Å². The Hall–Kier alpha value is -1.65. The van der Waals surface area contributed by atoms with Crippen LogP contribution in [0.4, 0.5) is 14.5 Å². The lowest BCUT2D eigenvalue weighted by Gasteiger charge is -2.12. The summed E-state index contributed by atoms with van der Waals surface area (Å²) in [4.78, 5) is 11.6. The van der Waals surface area contributed by atoms with Gasteiger partial charge in [0.1, 0.15) is 5.82 Å². The number of nitrogens with two attached hydrogens (primary N) is 1. The molecule has 0 aliphatic heterocycles. The highest BCUT2D eigenvalue weighted by Crippen LogP contribution is 2.24. The standard InChI is InChI=1S/C12H15F2NO2/c1-3-7(4-2)12(16)17-11-6-8(13)10(15)5-9(11)14/h5-7H,3-4,15H2,1-2H3. The fourth-order valence-electron chi connectivity index (χ4n) is 1.44. The van der Waals surface area contributed by atoms with Crippen molar-refractivity contribution in [1.29, 1.82) is 0 Å². The fourth-order valence-corrected chi connectivity index (χ4v) is 1.44. The number of carbonyl (C=O) groups is 1. The van der Waals surface area contributed by atoms with Gasteiger partial charge in [-0.05, 0) is 12.8 Å². The van der Waals surface area contributed by atoms with E-state index in [-0.39, 0.29) is 11.6 Å². The highest BCUT2D eigenvalue weighted by molar-refractivity contribution is 5.75. The molecule has 0 fully saturated rings. The summed E-state index contributed by atoms with van der Waals surface area (Å²) in [5.41, 5.74) is 4.86. The summed E-state index contributed by atoms with van der Waals surface area (Å²) in [5, 5.41) is 0. The van der Waals surface area contributed by atoms with Crippen LogP contribution >= 0.6 is 0 Å². The molecule has 0 atom stereocenters. The predicted molar refractivity (Wildman–Crippen MR) is 60.5 cm³/mol. The molecule has 0 bridgehead atoms. The molecule has 0 amide bonds. The van der Waals surface area contributed by atoms with Gasteiger partial charge in [0.15, 0.2) is 11.6 Å². The van der Waals surface area contributed by atoms with E-state index < -0.39 is 23.4 Å². The molecular weight excluding hydrogens is 228 g/mol. The largest absolute Gasteiger partial charge is 0.423 e. The lowest BCUT2D eigenvalue weighted by molar-refractivity contribution is -0.139. The van der Waals surface area contributed by atoms with Crippen LogP contribution in [0.25, 0.3) is 0 Å². The third-order valence-corrected chi connectivity index (χ3v) is 2.58. The molecule has 0 unspecified atom stereocenters. The van der Waals surface area contributed by atoms with E-state index in [0.717, 1.165) is 12.1 Å². The van der Waals surface area contributed by atoms with Crippen LogP contribution < -0.4 is 10.5 Å². The van der Waals surface area contributed by atoms with Crippen molar-refractivity contribution in [1.82, 2.24) is 0 Å². The number of benzene rings is 1. The van der Waals surface area contributed by atoms with Gasteiger partial charge in [0, 0.05) is 12.1 Å². The van der Waals surface area contributed by atoms with Gasteiger partial charge in [0.25, 0.3) is 0 Å². The Bertz CT molecular complexity index is 417. The van der Waals surface area contributed by atoms with Crippen LogP contribution in [0.1, 0.15) is 26.7 Å². The molecule has 0 saturated heterocycles. The average Bonchev–Trinajstić information content (AvgIpc) is 2.27. The normalized spacial score (nSPS) is 10.6. The number of nitrogen functional groups attached to an aromatic ring is 1.